The Labute approximate surface area is 99.0 Å². The van der Waals surface area contributed by atoms with Gasteiger partial charge in [0, 0.05) is 24.9 Å². The van der Waals surface area contributed by atoms with Crippen molar-refractivity contribution in [3.8, 4) is 0 Å². The molecule has 2 rings (SSSR count). The summed E-state index contributed by atoms with van der Waals surface area (Å²) in [4.78, 5) is 10.9. The lowest BCUT2D eigenvalue weighted by Crippen LogP contribution is -2.42. The highest BCUT2D eigenvalue weighted by Gasteiger charge is 2.41. The van der Waals surface area contributed by atoms with Crippen LogP contribution in [-0.4, -0.2) is 11.9 Å². The van der Waals surface area contributed by atoms with Crippen LogP contribution in [0.5, 0.6) is 0 Å². The molecule has 1 atom stereocenters. The van der Waals surface area contributed by atoms with Gasteiger partial charge in [-0.05, 0) is 25.0 Å². The molecule has 1 amide bonds. The molecule has 1 aromatic carbocycles. The summed E-state index contributed by atoms with van der Waals surface area (Å²) in [6, 6.07) is 4.62. The minimum Gasteiger partial charge on any atom is -0.353 e. The van der Waals surface area contributed by atoms with Crippen LogP contribution >= 0.6 is 0 Å². The standard InChI is InChI=1S/C13H15F2NO/c1-8-3-4-10-6-11(16-9(2)17)7-13(14,15)12(10)5-8/h3-5,11H,6-7H2,1-2H3,(H,16,17). The average Bonchev–Trinajstić information content (AvgIpc) is 2.17. The number of alkyl halides is 2. The van der Waals surface area contributed by atoms with Gasteiger partial charge in [0.1, 0.15) is 0 Å². The van der Waals surface area contributed by atoms with Crippen LogP contribution in [0.15, 0.2) is 18.2 Å². The summed E-state index contributed by atoms with van der Waals surface area (Å²) in [5, 5.41) is 2.57. The monoisotopic (exact) mass is 239 g/mol. The first-order valence-corrected chi connectivity index (χ1v) is 5.63. The van der Waals surface area contributed by atoms with Crippen LogP contribution in [0.25, 0.3) is 0 Å². The van der Waals surface area contributed by atoms with Gasteiger partial charge in [0.05, 0.1) is 0 Å². The van der Waals surface area contributed by atoms with Crippen LogP contribution < -0.4 is 5.32 Å². The zero-order valence-corrected chi connectivity index (χ0v) is 9.89. The van der Waals surface area contributed by atoms with Gasteiger partial charge in [0.15, 0.2) is 0 Å². The molecule has 0 aromatic heterocycles. The van der Waals surface area contributed by atoms with E-state index in [1.165, 1.54) is 6.92 Å². The fourth-order valence-electron chi connectivity index (χ4n) is 2.36. The normalized spacial score (nSPS) is 21.8. The Kier molecular flexibility index (Phi) is 2.89. The lowest BCUT2D eigenvalue weighted by atomic mass is 9.84. The predicted molar refractivity (Wildman–Crippen MR) is 61.0 cm³/mol. The molecule has 0 heterocycles. The Bertz CT molecular complexity index is 457. The first-order valence-electron chi connectivity index (χ1n) is 5.63. The van der Waals surface area contributed by atoms with Gasteiger partial charge in [-0.25, -0.2) is 8.78 Å². The summed E-state index contributed by atoms with van der Waals surface area (Å²) >= 11 is 0. The van der Waals surface area contributed by atoms with E-state index in [0.29, 0.717) is 12.0 Å². The quantitative estimate of drug-likeness (QED) is 0.801. The molecule has 1 aliphatic carbocycles. The SMILES string of the molecule is CC(=O)NC1Cc2ccc(C)cc2C(F)(F)C1. The minimum atomic E-state index is -2.85. The zero-order chi connectivity index (χ0) is 12.6. The van der Waals surface area contributed by atoms with Gasteiger partial charge in [-0.3, -0.25) is 4.79 Å². The number of carbonyl (C=O) groups is 1. The van der Waals surface area contributed by atoms with Crippen molar-refractivity contribution in [3.05, 3.63) is 34.9 Å². The van der Waals surface area contributed by atoms with Crippen molar-refractivity contribution in [2.75, 3.05) is 0 Å². The van der Waals surface area contributed by atoms with Crippen LogP contribution in [0, 0.1) is 6.92 Å². The highest BCUT2D eigenvalue weighted by molar-refractivity contribution is 5.73. The van der Waals surface area contributed by atoms with E-state index in [-0.39, 0.29) is 17.9 Å². The topological polar surface area (TPSA) is 29.1 Å². The third-order valence-corrected chi connectivity index (χ3v) is 3.04. The lowest BCUT2D eigenvalue weighted by molar-refractivity contribution is -0.120. The second kappa shape index (κ2) is 4.09. The van der Waals surface area contributed by atoms with E-state index in [1.807, 2.05) is 6.07 Å². The van der Waals surface area contributed by atoms with Crippen LogP contribution in [-0.2, 0) is 17.1 Å². The van der Waals surface area contributed by atoms with Crippen LogP contribution in [0.4, 0.5) is 8.78 Å². The first kappa shape index (κ1) is 12.0. The number of rotatable bonds is 1. The summed E-state index contributed by atoms with van der Waals surface area (Å²) in [6.07, 6.45) is 0.161. The van der Waals surface area contributed by atoms with E-state index in [4.69, 9.17) is 0 Å². The Balaban J connectivity index is 2.34. The summed E-state index contributed by atoms with van der Waals surface area (Å²) in [5.74, 6) is -3.12. The number of nitrogens with one attached hydrogen (secondary N) is 1. The third-order valence-electron chi connectivity index (χ3n) is 3.04. The molecule has 0 fully saturated rings. The Morgan fingerprint density at radius 2 is 2.18 bits per heavy atom. The Morgan fingerprint density at radius 3 is 2.82 bits per heavy atom. The number of benzene rings is 1. The summed E-state index contributed by atoms with van der Waals surface area (Å²) in [6.45, 7) is 3.15. The van der Waals surface area contributed by atoms with Gasteiger partial charge in [0.2, 0.25) is 5.91 Å². The van der Waals surface area contributed by atoms with Crippen molar-refractivity contribution in [1.82, 2.24) is 5.32 Å². The van der Waals surface area contributed by atoms with E-state index in [2.05, 4.69) is 5.32 Å². The molecule has 1 aromatic rings. The molecule has 1 aliphatic rings. The third kappa shape index (κ3) is 2.46. The minimum absolute atomic E-state index is 0.110. The number of fused-ring (bicyclic) bond motifs is 1. The molecule has 92 valence electrons. The number of halogens is 2. The predicted octanol–water partition coefficient (Wildman–Crippen LogP) is 2.54. The zero-order valence-electron chi connectivity index (χ0n) is 9.89. The first-order chi connectivity index (χ1) is 7.88. The van der Waals surface area contributed by atoms with E-state index in [1.54, 1.807) is 19.1 Å². The van der Waals surface area contributed by atoms with Crippen molar-refractivity contribution in [3.63, 3.8) is 0 Å². The summed E-state index contributed by atoms with van der Waals surface area (Å²) in [5.41, 5.74) is 1.58. The lowest BCUT2D eigenvalue weighted by Gasteiger charge is -2.31. The van der Waals surface area contributed by atoms with E-state index < -0.39 is 12.0 Å². The van der Waals surface area contributed by atoms with Crippen molar-refractivity contribution >= 4 is 5.91 Å². The second-order valence-electron chi connectivity index (χ2n) is 4.67. The van der Waals surface area contributed by atoms with Crippen molar-refractivity contribution in [2.24, 2.45) is 0 Å². The molecule has 0 saturated carbocycles. The number of amides is 1. The Hall–Kier alpha value is -1.45. The van der Waals surface area contributed by atoms with Crippen LogP contribution in [0.3, 0.4) is 0 Å². The van der Waals surface area contributed by atoms with E-state index in [9.17, 15) is 13.6 Å². The number of aryl methyl sites for hydroxylation is 1. The fourth-order valence-corrected chi connectivity index (χ4v) is 2.36. The summed E-state index contributed by atoms with van der Waals surface area (Å²) < 4.78 is 27.9. The van der Waals surface area contributed by atoms with Crippen LogP contribution in [0.2, 0.25) is 0 Å². The second-order valence-corrected chi connectivity index (χ2v) is 4.67. The molecule has 4 heteroatoms. The molecule has 1 N–H and O–H groups in total. The highest BCUT2D eigenvalue weighted by Crippen LogP contribution is 2.40. The molecular formula is C13H15F2NO. The van der Waals surface area contributed by atoms with E-state index in [0.717, 1.165) is 5.56 Å². The largest absolute Gasteiger partial charge is 0.353 e. The van der Waals surface area contributed by atoms with Crippen LogP contribution in [0.1, 0.15) is 30.0 Å². The number of carbonyl (C=O) groups excluding carboxylic acids is 1. The maximum Gasteiger partial charge on any atom is 0.275 e. The maximum absolute atomic E-state index is 13.9. The molecule has 1 unspecified atom stereocenters. The molecule has 0 radical (unpaired) electrons. The molecule has 0 aliphatic heterocycles. The highest BCUT2D eigenvalue weighted by atomic mass is 19.3. The van der Waals surface area contributed by atoms with Gasteiger partial charge in [-0.2, -0.15) is 0 Å². The number of hydrogen-bond acceptors (Lipinski definition) is 1. The Morgan fingerprint density at radius 1 is 1.47 bits per heavy atom. The molecule has 0 saturated heterocycles. The number of hydrogen-bond donors (Lipinski definition) is 1. The van der Waals surface area contributed by atoms with Gasteiger partial charge in [-0.15, -0.1) is 0 Å². The van der Waals surface area contributed by atoms with Crippen molar-refractivity contribution in [1.29, 1.82) is 0 Å². The average molecular weight is 239 g/mol. The fraction of sp³-hybridized carbons (Fsp3) is 0.462. The summed E-state index contributed by atoms with van der Waals surface area (Å²) in [7, 11) is 0. The van der Waals surface area contributed by atoms with Crippen molar-refractivity contribution < 1.29 is 13.6 Å². The van der Waals surface area contributed by atoms with Gasteiger partial charge in [-0.1, -0.05) is 17.7 Å². The van der Waals surface area contributed by atoms with Crippen molar-refractivity contribution in [2.45, 2.75) is 38.7 Å². The molecule has 0 bridgehead atoms. The molecule has 2 nitrogen and oxygen atoms in total. The van der Waals surface area contributed by atoms with E-state index >= 15 is 0 Å². The smallest absolute Gasteiger partial charge is 0.275 e. The maximum atomic E-state index is 13.9. The molecular weight excluding hydrogens is 224 g/mol. The van der Waals surface area contributed by atoms with Gasteiger partial charge >= 0.3 is 0 Å². The molecule has 17 heavy (non-hydrogen) atoms. The molecule has 0 spiro atoms. The van der Waals surface area contributed by atoms with Gasteiger partial charge < -0.3 is 5.32 Å². The van der Waals surface area contributed by atoms with Gasteiger partial charge in [0.25, 0.3) is 5.92 Å².